The number of hydrogen-bond donors (Lipinski definition) is 1. The number of nitrogen functional groups attached to an aromatic ring is 1. The average molecular weight is 458 g/mol. The van der Waals surface area contributed by atoms with Gasteiger partial charge in [-0.25, -0.2) is 9.97 Å². The number of benzene rings is 1. The summed E-state index contributed by atoms with van der Waals surface area (Å²) < 4.78 is 13.0. The highest BCUT2D eigenvalue weighted by Crippen LogP contribution is 2.47. The Morgan fingerprint density at radius 2 is 1.88 bits per heavy atom. The number of ether oxygens (including phenoxy) is 2. The first kappa shape index (κ1) is 21.8. The lowest BCUT2D eigenvalue weighted by Crippen LogP contribution is -2.27. The predicted octanol–water partition coefficient (Wildman–Crippen LogP) is 3.27. The van der Waals surface area contributed by atoms with Crippen molar-refractivity contribution in [2.45, 2.75) is 31.2 Å². The molecule has 0 bridgehead atoms. The Morgan fingerprint density at radius 1 is 1.15 bits per heavy atom. The summed E-state index contributed by atoms with van der Waals surface area (Å²) in [5.41, 5.74) is 9.93. The fourth-order valence-electron chi connectivity index (χ4n) is 4.72. The lowest BCUT2D eigenvalue weighted by molar-refractivity contribution is -0.125. The number of methoxy groups -OCH3 is 2. The van der Waals surface area contributed by atoms with Gasteiger partial charge in [-0.15, -0.1) is 0 Å². The van der Waals surface area contributed by atoms with Crippen LogP contribution in [0.1, 0.15) is 48.0 Å². The van der Waals surface area contributed by atoms with Crippen molar-refractivity contribution >= 4 is 22.8 Å². The standard InChI is InChI=1S/C26H27N5O3/c1-4-22(32)30-10-9-18(14-30)31-24(17-6-7-17)21(23-25(27)28-15-29-26(23)31)8-5-16-11-19(33-2)13-20(12-16)34-3/h4,11-13,15,17-18H,1,6-7,9-10,14H2,2-3H3,(H2,27,28,29)/t18-/m0/s1. The molecule has 1 atom stereocenters. The van der Waals surface area contributed by atoms with Gasteiger partial charge in [0.15, 0.2) is 0 Å². The number of amides is 1. The molecule has 0 spiro atoms. The van der Waals surface area contributed by atoms with Gasteiger partial charge in [0.25, 0.3) is 0 Å². The summed E-state index contributed by atoms with van der Waals surface area (Å²) in [6, 6.07) is 5.67. The first-order valence-corrected chi connectivity index (χ1v) is 11.3. The molecule has 5 rings (SSSR count). The van der Waals surface area contributed by atoms with E-state index in [4.69, 9.17) is 15.2 Å². The number of fused-ring (bicyclic) bond motifs is 1. The highest BCUT2D eigenvalue weighted by molar-refractivity contribution is 5.94. The van der Waals surface area contributed by atoms with E-state index in [1.54, 1.807) is 14.2 Å². The minimum atomic E-state index is -0.0481. The molecule has 2 aromatic heterocycles. The van der Waals surface area contributed by atoms with Crippen LogP contribution in [-0.4, -0.2) is 52.7 Å². The second kappa shape index (κ2) is 8.75. The van der Waals surface area contributed by atoms with E-state index in [-0.39, 0.29) is 11.9 Å². The van der Waals surface area contributed by atoms with Crippen molar-refractivity contribution < 1.29 is 14.3 Å². The zero-order chi connectivity index (χ0) is 23.8. The Morgan fingerprint density at radius 3 is 2.53 bits per heavy atom. The van der Waals surface area contributed by atoms with Crippen LogP contribution in [0.2, 0.25) is 0 Å². The quantitative estimate of drug-likeness (QED) is 0.467. The van der Waals surface area contributed by atoms with E-state index in [1.165, 1.54) is 12.4 Å². The number of carbonyl (C=O) groups excluding carboxylic acids is 1. The van der Waals surface area contributed by atoms with E-state index in [0.717, 1.165) is 47.1 Å². The van der Waals surface area contributed by atoms with Crippen molar-refractivity contribution in [2.75, 3.05) is 33.0 Å². The van der Waals surface area contributed by atoms with Crippen LogP contribution in [0.3, 0.4) is 0 Å². The Hall–Kier alpha value is -3.99. The Kier molecular flexibility index (Phi) is 5.62. The fourth-order valence-corrected chi connectivity index (χ4v) is 4.72. The SMILES string of the molecule is C=CC(=O)N1CC[C@H](n2c(C3CC3)c(C#Cc3cc(OC)cc(OC)c3)c3c(N)ncnc32)C1. The summed E-state index contributed by atoms with van der Waals surface area (Å²) in [4.78, 5) is 22.9. The molecule has 1 saturated carbocycles. The summed E-state index contributed by atoms with van der Waals surface area (Å²) in [7, 11) is 3.23. The molecule has 2 fully saturated rings. The first-order chi connectivity index (χ1) is 16.5. The molecule has 1 saturated heterocycles. The molecule has 3 aromatic rings. The zero-order valence-corrected chi connectivity index (χ0v) is 19.4. The largest absolute Gasteiger partial charge is 0.497 e. The van der Waals surface area contributed by atoms with Gasteiger partial charge in [0, 0.05) is 36.3 Å². The van der Waals surface area contributed by atoms with Crippen LogP contribution in [0.4, 0.5) is 5.82 Å². The summed E-state index contributed by atoms with van der Waals surface area (Å²) in [6.45, 7) is 4.93. The van der Waals surface area contributed by atoms with Gasteiger partial charge in [0.2, 0.25) is 5.91 Å². The van der Waals surface area contributed by atoms with Crippen molar-refractivity contribution in [2.24, 2.45) is 0 Å². The van der Waals surface area contributed by atoms with Crippen LogP contribution in [0.15, 0.2) is 37.2 Å². The number of likely N-dealkylation sites (tertiary alicyclic amines) is 1. The van der Waals surface area contributed by atoms with E-state index in [2.05, 4.69) is 33.0 Å². The molecule has 0 unspecified atom stereocenters. The molecule has 3 heterocycles. The topological polar surface area (TPSA) is 95.5 Å². The van der Waals surface area contributed by atoms with Gasteiger partial charge in [0.1, 0.15) is 29.3 Å². The first-order valence-electron chi connectivity index (χ1n) is 11.3. The van der Waals surface area contributed by atoms with Gasteiger partial charge in [-0.2, -0.15) is 0 Å². The molecule has 8 heteroatoms. The Bertz CT molecular complexity index is 1320. The summed E-state index contributed by atoms with van der Waals surface area (Å²) in [5, 5.41) is 0.778. The van der Waals surface area contributed by atoms with E-state index < -0.39 is 0 Å². The minimum absolute atomic E-state index is 0.0481. The van der Waals surface area contributed by atoms with E-state index in [9.17, 15) is 4.79 Å². The highest BCUT2D eigenvalue weighted by Gasteiger charge is 2.37. The molecule has 174 valence electrons. The van der Waals surface area contributed by atoms with Crippen molar-refractivity contribution in [3.05, 3.63) is 54.0 Å². The van der Waals surface area contributed by atoms with Crippen LogP contribution >= 0.6 is 0 Å². The van der Waals surface area contributed by atoms with Crippen LogP contribution in [0.5, 0.6) is 11.5 Å². The van der Waals surface area contributed by atoms with Crippen molar-refractivity contribution in [3.8, 4) is 23.3 Å². The third-order valence-electron chi connectivity index (χ3n) is 6.51. The van der Waals surface area contributed by atoms with Crippen LogP contribution in [0.25, 0.3) is 11.0 Å². The van der Waals surface area contributed by atoms with Gasteiger partial charge in [-0.3, -0.25) is 4.79 Å². The lowest BCUT2D eigenvalue weighted by Gasteiger charge is -2.19. The van der Waals surface area contributed by atoms with E-state index >= 15 is 0 Å². The second-order valence-electron chi connectivity index (χ2n) is 8.64. The number of nitrogens with zero attached hydrogens (tertiary/aromatic N) is 4. The number of aromatic nitrogens is 3. The van der Waals surface area contributed by atoms with E-state index in [1.807, 2.05) is 23.1 Å². The van der Waals surface area contributed by atoms with Gasteiger partial charge in [0.05, 0.1) is 31.2 Å². The van der Waals surface area contributed by atoms with Crippen LogP contribution in [-0.2, 0) is 4.79 Å². The van der Waals surface area contributed by atoms with E-state index in [0.29, 0.717) is 36.3 Å². The maximum absolute atomic E-state index is 12.2. The van der Waals surface area contributed by atoms with Gasteiger partial charge in [-0.05, 0) is 37.5 Å². The van der Waals surface area contributed by atoms with Crippen molar-refractivity contribution in [3.63, 3.8) is 0 Å². The average Bonchev–Trinajstić information content (AvgIpc) is 3.48. The summed E-state index contributed by atoms with van der Waals surface area (Å²) in [6.07, 6.45) is 5.89. The molecular weight excluding hydrogens is 430 g/mol. The molecule has 1 aromatic carbocycles. The third kappa shape index (κ3) is 3.83. The molecule has 2 N–H and O–H groups in total. The number of hydrogen-bond acceptors (Lipinski definition) is 6. The van der Waals surface area contributed by atoms with Crippen molar-refractivity contribution in [1.82, 2.24) is 19.4 Å². The van der Waals surface area contributed by atoms with Gasteiger partial charge >= 0.3 is 0 Å². The highest BCUT2D eigenvalue weighted by atomic mass is 16.5. The van der Waals surface area contributed by atoms with Crippen molar-refractivity contribution in [1.29, 1.82) is 0 Å². The Labute approximate surface area is 198 Å². The third-order valence-corrected chi connectivity index (χ3v) is 6.51. The molecule has 1 aliphatic carbocycles. The minimum Gasteiger partial charge on any atom is -0.497 e. The second-order valence-corrected chi connectivity index (χ2v) is 8.64. The number of rotatable bonds is 5. The molecular formula is C26H27N5O3. The maximum atomic E-state index is 12.2. The molecule has 8 nitrogen and oxygen atoms in total. The Balaban J connectivity index is 1.66. The fraction of sp³-hybridized carbons (Fsp3) is 0.346. The zero-order valence-electron chi connectivity index (χ0n) is 19.4. The monoisotopic (exact) mass is 457 g/mol. The maximum Gasteiger partial charge on any atom is 0.246 e. The molecule has 1 aliphatic heterocycles. The summed E-state index contributed by atoms with van der Waals surface area (Å²) in [5.74, 6) is 8.77. The molecule has 2 aliphatic rings. The smallest absolute Gasteiger partial charge is 0.246 e. The number of carbonyl (C=O) groups is 1. The molecule has 34 heavy (non-hydrogen) atoms. The molecule has 0 radical (unpaired) electrons. The summed E-state index contributed by atoms with van der Waals surface area (Å²) >= 11 is 0. The van der Waals surface area contributed by atoms with Gasteiger partial charge in [-0.1, -0.05) is 18.4 Å². The lowest BCUT2D eigenvalue weighted by atomic mass is 10.1. The van der Waals surface area contributed by atoms with Gasteiger partial charge < -0.3 is 24.7 Å². The normalized spacial score (nSPS) is 17.4. The predicted molar refractivity (Wildman–Crippen MR) is 130 cm³/mol. The molecule has 1 amide bonds. The number of anilines is 1. The van der Waals surface area contributed by atoms with Crippen LogP contribution < -0.4 is 15.2 Å². The van der Waals surface area contributed by atoms with Crippen LogP contribution in [0, 0.1) is 11.8 Å². The number of nitrogens with two attached hydrogens (primary N) is 1.